The number of nitrogens with two attached hydrogens (primary N) is 1. The molecule has 1 aliphatic heterocycles. The number of nitrogens with one attached hydrogen (secondary N) is 1. The molecule has 1 aliphatic rings. The minimum Gasteiger partial charge on any atom is -0.351 e. The van der Waals surface area contributed by atoms with Crippen LogP contribution in [0.15, 0.2) is 55.1 Å². The maximum atomic E-state index is 13.8. The molecule has 5 rings (SSSR count). The number of rotatable bonds is 4. The lowest BCUT2D eigenvalue weighted by Crippen LogP contribution is -2.45. The highest BCUT2D eigenvalue weighted by Crippen LogP contribution is 2.39. The van der Waals surface area contributed by atoms with E-state index in [2.05, 4.69) is 37.1 Å². The second kappa shape index (κ2) is 9.11. The molecule has 0 atom stereocenters. The smallest absolute Gasteiger partial charge is 0.351 e. The maximum absolute atomic E-state index is 13.8. The number of pyridine rings is 1. The lowest BCUT2D eigenvalue weighted by Gasteiger charge is -2.32. The molecule has 0 bridgehead atoms. The quantitative estimate of drug-likeness (QED) is 0.446. The molecule has 2 amide bonds. The van der Waals surface area contributed by atoms with E-state index in [0.29, 0.717) is 11.6 Å². The molecule has 3 N–H and O–H groups in total. The molecule has 0 aliphatic carbocycles. The van der Waals surface area contributed by atoms with Crippen LogP contribution in [0.3, 0.4) is 0 Å². The van der Waals surface area contributed by atoms with Crippen molar-refractivity contribution in [2.45, 2.75) is 6.18 Å². The van der Waals surface area contributed by atoms with E-state index in [-0.39, 0.29) is 16.9 Å². The van der Waals surface area contributed by atoms with E-state index in [1.54, 1.807) is 35.1 Å². The number of urea groups is 1. The molecule has 0 unspecified atom stereocenters. The summed E-state index contributed by atoms with van der Waals surface area (Å²) < 4.78 is 43.1. The second-order valence-corrected chi connectivity index (χ2v) is 8.60. The van der Waals surface area contributed by atoms with E-state index in [4.69, 9.17) is 5.73 Å². The highest BCUT2D eigenvalue weighted by molar-refractivity contribution is 5.88. The molecule has 1 aromatic carbocycles. The highest BCUT2D eigenvalue weighted by Gasteiger charge is 2.35. The van der Waals surface area contributed by atoms with Gasteiger partial charge < -0.3 is 20.9 Å². The average molecular weight is 496 g/mol. The van der Waals surface area contributed by atoms with E-state index in [0.717, 1.165) is 43.4 Å². The molecule has 4 aromatic rings. The standard InChI is InChI=1S/C24H23F3N8O/c1-33-6-8-34(9-7-33)23-30-12-16(13-31-23)15-4-5-35-20(14-29-21(35)10-15)18-3-2-17(32-22(28)36)11-19(18)24(25,26)27/h2-5,10-14H,6-9H2,1H3,(H3,28,32,36). The van der Waals surface area contributed by atoms with Crippen LogP contribution in [0.1, 0.15) is 5.56 Å². The monoisotopic (exact) mass is 496 g/mol. The zero-order valence-electron chi connectivity index (χ0n) is 19.3. The van der Waals surface area contributed by atoms with Crippen LogP contribution in [-0.2, 0) is 6.18 Å². The van der Waals surface area contributed by atoms with E-state index >= 15 is 0 Å². The lowest BCUT2D eigenvalue weighted by atomic mass is 10.0. The van der Waals surface area contributed by atoms with Crippen LogP contribution in [-0.4, -0.2) is 63.5 Å². The number of aromatic nitrogens is 4. The number of hydrogen-bond acceptors (Lipinski definition) is 6. The van der Waals surface area contributed by atoms with Gasteiger partial charge >= 0.3 is 12.2 Å². The molecule has 36 heavy (non-hydrogen) atoms. The number of fused-ring (bicyclic) bond motifs is 1. The molecule has 0 radical (unpaired) electrons. The molecular formula is C24H23F3N8O. The first-order valence-corrected chi connectivity index (χ1v) is 11.2. The second-order valence-electron chi connectivity index (χ2n) is 8.60. The Morgan fingerprint density at radius 1 is 0.972 bits per heavy atom. The number of alkyl halides is 3. The summed E-state index contributed by atoms with van der Waals surface area (Å²) in [6.07, 6.45) is 1.87. The first-order valence-electron chi connectivity index (χ1n) is 11.2. The SMILES string of the molecule is CN1CCN(c2ncc(-c3ccn4c(-c5ccc(NC(N)=O)cc5C(F)(F)F)cnc4c3)cn2)CC1. The Balaban J connectivity index is 1.46. The predicted molar refractivity (Wildman–Crippen MR) is 130 cm³/mol. The summed E-state index contributed by atoms with van der Waals surface area (Å²) in [4.78, 5) is 28.8. The minimum absolute atomic E-state index is 0.0466. The van der Waals surface area contributed by atoms with Gasteiger partial charge in [-0.15, -0.1) is 0 Å². The summed E-state index contributed by atoms with van der Waals surface area (Å²) in [7, 11) is 2.08. The summed E-state index contributed by atoms with van der Waals surface area (Å²) in [6.45, 7) is 3.62. The van der Waals surface area contributed by atoms with Crippen molar-refractivity contribution in [2.75, 3.05) is 43.4 Å². The van der Waals surface area contributed by atoms with Gasteiger partial charge in [-0.1, -0.05) is 6.07 Å². The van der Waals surface area contributed by atoms with Gasteiger partial charge in [-0.25, -0.2) is 19.7 Å². The Kier molecular flexibility index (Phi) is 5.96. The molecule has 1 saturated heterocycles. The summed E-state index contributed by atoms with van der Waals surface area (Å²) >= 11 is 0. The number of likely N-dealkylation sites (N-methyl/N-ethyl adjacent to an activating group) is 1. The number of carbonyl (C=O) groups is 1. The number of carbonyl (C=O) groups excluding carboxylic acids is 1. The topological polar surface area (TPSA) is 105 Å². The van der Waals surface area contributed by atoms with Crippen LogP contribution in [0.25, 0.3) is 28.0 Å². The van der Waals surface area contributed by atoms with Gasteiger partial charge in [-0.05, 0) is 36.9 Å². The number of halogens is 3. The fourth-order valence-electron chi connectivity index (χ4n) is 4.22. The zero-order valence-corrected chi connectivity index (χ0v) is 19.3. The van der Waals surface area contributed by atoms with Gasteiger partial charge in [0.15, 0.2) is 0 Å². The summed E-state index contributed by atoms with van der Waals surface area (Å²) in [5, 5.41) is 2.18. The number of nitrogens with zero attached hydrogens (tertiary/aromatic N) is 6. The van der Waals surface area contributed by atoms with Crippen molar-refractivity contribution in [3.8, 4) is 22.4 Å². The Hall–Kier alpha value is -4.19. The normalized spacial score (nSPS) is 14.8. The van der Waals surface area contributed by atoms with E-state index in [1.165, 1.54) is 18.3 Å². The molecule has 1 fully saturated rings. The van der Waals surface area contributed by atoms with Crippen LogP contribution in [0.4, 0.5) is 29.6 Å². The number of hydrogen-bond donors (Lipinski definition) is 2. The van der Waals surface area contributed by atoms with Gasteiger partial charge in [0.1, 0.15) is 5.65 Å². The Bertz CT molecular complexity index is 1410. The van der Waals surface area contributed by atoms with Crippen molar-refractivity contribution in [1.29, 1.82) is 0 Å². The zero-order chi connectivity index (χ0) is 25.4. The van der Waals surface area contributed by atoms with Crippen molar-refractivity contribution in [1.82, 2.24) is 24.3 Å². The van der Waals surface area contributed by atoms with Crippen molar-refractivity contribution in [3.63, 3.8) is 0 Å². The summed E-state index contributed by atoms with van der Waals surface area (Å²) in [6, 6.07) is 6.11. The van der Waals surface area contributed by atoms with Crippen LogP contribution < -0.4 is 16.0 Å². The van der Waals surface area contributed by atoms with E-state index in [9.17, 15) is 18.0 Å². The molecule has 9 nitrogen and oxygen atoms in total. The number of anilines is 2. The van der Waals surface area contributed by atoms with Gasteiger partial charge in [-0.3, -0.25) is 4.40 Å². The third kappa shape index (κ3) is 4.67. The van der Waals surface area contributed by atoms with Gasteiger partial charge in [0.25, 0.3) is 0 Å². The Morgan fingerprint density at radius 3 is 2.36 bits per heavy atom. The van der Waals surface area contributed by atoms with Crippen molar-refractivity contribution in [2.24, 2.45) is 5.73 Å². The van der Waals surface area contributed by atoms with E-state index in [1.807, 2.05) is 0 Å². The molecule has 0 saturated carbocycles. The molecule has 0 spiro atoms. The minimum atomic E-state index is -4.66. The highest BCUT2D eigenvalue weighted by atomic mass is 19.4. The maximum Gasteiger partial charge on any atom is 0.417 e. The molecular weight excluding hydrogens is 473 g/mol. The number of primary amides is 1. The predicted octanol–water partition coefficient (Wildman–Crippen LogP) is 3.72. The molecule has 186 valence electrons. The van der Waals surface area contributed by atoms with E-state index < -0.39 is 17.8 Å². The number of imidazole rings is 1. The third-order valence-corrected chi connectivity index (χ3v) is 6.14. The summed E-state index contributed by atoms with van der Waals surface area (Å²) in [5.41, 5.74) is 6.32. The van der Waals surface area contributed by atoms with Crippen LogP contribution in [0.5, 0.6) is 0 Å². The van der Waals surface area contributed by atoms with Crippen molar-refractivity contribution in [3.05, 3.63) is 60.7 Å². The molecule has 12 heteroatoms. The lowest BCUT2D eigenvalue weighted by molar-refractivity contribution is -0.137. The van der Waals surface area contributed by atoms with Gasteiger partial charge in [0.2, 0.25) is 5.95 Å². The van der Waals surface area contributed by atoms with Crippen molar-refractivity contribution >= 4 is 23.3 Å². The van der Waals surface area contributed by atoms with Gasteiger partial charge in [0, 0.05) is 61.6 Å². The summed E-state index contributed by atoms with van der Waals surface area (Å²) in [5.74, 6) is 0.671. The Labute approximate surface area is 204 Å². The third-order valence-electron chi connectivity index (χ3n) is 6.14. The first-order chi connectivity index (χ1) is 17.2. The van der Waals surface area contributed by atoms with Crippen LogP contribution in [0, 0.1) is 0 Å². The number of amides is 2. The fourth-order valence-corrected chi connectivity index (χ4v) is 4.22. The van der Waals surface area contributed by atoms with Crippen LogP contribution >= 0.6 is 0 Å². The Morgan fingerprint density at radius 2 is 1.69 bits per heavy atom. The fraction of sp³-hybridized carbons (Fsp3) is 0.250. The molecule has 3 aromatic heterocycles. The largest absolute Gasteiger partial charge is 0.417 e. The van der Waals surface area contributed by atoms with Crippen LogP contribution in [0.2, 0.25) is 0 Å². The number of piperazine rings is 1. The average Bonchev–Trinajstić information content (AvgIpc) is 3.27. The van der Waals surface area contributed by atoms with Gasteiger partial charge in [-0.2, -0.15) is 13.2 Å². The van der Waals surface area contributed by atoms with Gasteiger partial charge in [0.05, 0.1) is 17.5 Å². The number of benzene rings is 1. The first kappa shape index (κ1) is 23.5. The molecule has 4 heterocycles. The van der Waals surface area contributed by atoms with Crippen molar-refractivity contribution < 1.29 is 18.0 Å².